The average molecular weight is 634 g/mol. The third kappa shape index (κ3) is 3.55. The summed E-state index contributed by atoms with van der Waals surface area (Å²) in [6.07, 6.45) is 0. The largest absolute Gasteiger partial charge is 0.277 e. The lowest BCUT2D eigenvalue weighted by molar-refractivity contribution is 1.12. The van der Waals surface area contributed by atoms with Crippen molar-refractivity contribution in [2.24, 2.45) is 0 Å². The summed E-state index contributed by atoms with van der Waals surface area (Å²) in [6, 6.07) is 50.5. The molecule has 7 aromatic carbocycles. The molecule has 47 heavy (non-hydrogen) atoms. The second kappa shape index (κ2) is 9.46. The number of hydrogen-bond acceptors (Lipinski definition) is 5. The summed E-state index contributed by atoms with van der Waals surface area (Å²) in [4.78, 5) is 13.3. The molecule has 3 nitrogen and oxygen atoms in total. The number of nitrogens with zero attached hydrogens (tertiary/aromatic N) is 3. The molecular weight excluding hydrogens is 611 g/mol. The highest BCUT2D eigenvalue weighted by Gasteiger charge is 2.30. The predicted molar refractivity (Wildman–Crippen MR) is 202 cm³/mol. The lowest BCUT2D eigenvalue weighted by Gasteiger charge is -2.33. The SMILES string of the molecule is c1ccc2c3c(ccc2c1)-c1cccc2cccc(c12)N3c1nc(-c2ccc3c(c2)sc2ccccc23)c2sc3ccccc3c2n1. The molecule has 0 saturated heterocycles. The fourth-order valence-electron chi connectivity index (χ4n) is 7.52. The van der Waals surface area contributed by atoms with Gasteiger partial charge in [0.1, 0.15) is 0 Å². The fourth-order valence-corrected chi connectivity index (χ4v) is 9.82. The van der Waals surface area contributed by atoms with Crippen LogP contribution in [-0.4, -0.2) is 9.97 Å². The Bertz CT molecular complexity index is 2930. The fraction of sp³-hybridized carbons (Fsp3) is 0. The summed E-state index contributed by atoms with van der Waals surface area (Å²) in [5, 5.41) is 8.57. The summed E-state index contributed by atoms with van der Waals surface area (Å²) in [6.45, 7) is 0. The molecule has 1 aliphatic rings. The standard InChI is InChI=1S/C42H23N3S2/c1-2-12-27-24(9-1)19-22-31-30-15-7-10-25-11-8-16-33(37(25)30)45(40(27)31)42-43-38(41-39(44-42)32-14-4-6-18-35(32)47-41)26-20-21-29-28-13-3-5-17-34(28)46-36(29)23-26/h1-23H. The zero-order valence-electron chi connectivity index (χ0n) is 24.9. The molecule has 0 saturated carbocycles. The average Bonchev–Trinajstić information content (AvgIpc) is 3.69. The minimum Gasteiger partial charge on any atom is -0.277 e. The van der Waals surface area contributed by atoms with Crippen LogP contribution in [0.1, 0.15) is 0 Å². The zero-order chi connectivity index (χ0) is 30.6. The van der Waals surface area contributed by atoms with E-state index in [2.05, 4.69) is 144 Å². The number of aromatic nitrogens is 2. The Morgan fingerprint density at radius 1 is 0.489 bits per heavy atom. The van der Waals surface area contributed by atoms with Gasteiger partial charge in [-0.3, -0.25) is 4.90 Å². The topological polar surface area (TPSA) is 29.0 Å². The molecule has 0 N–H and O–H groups in total. The van der Waals surface area contributed by atoms with Crippen molar-refractivity contribution >= 4 is 102 Å². The van der Waals surface area contributed by atoms with Gasteiger partial charge in [0.25, 0.3) is 0 Å². The Morgan fingerprint density at radius 2 is 1.21 bits per heavy atom. The number of benzene rings is 7. The van der Waals surface area contributed by atoms with Crippen molar-refractivity contribution in [2.75, 3.05) is 4.90 Å². The van der Waals surface area contributed by atoms with Crippen LogP contribution in [0.3, 0.4) is 0 Å². The van der Waals surface area contributed by atoms with Crippen LogP contribution in [0.2, 0.25) is 0 Å². The molecule has 4 heterocycles. The molecule has 0 bridgehead atoms. The van der Waals surface area contributed by atoms with Crippen molar-refractivity contribution in [3.8, 4) is 22.4 Å². The van der Waals surface area contributed by atoms with Crippen LogP contribution in [0.4, 0.5) is 17.3 Å². The van der Waals surface area contributed by atoms with E-state index in [-0.39, 0.29) is 0 Å². The molecule has 0 aliphatic carbocycles. The van der Waals surface area contributed by atoms with Gasteiger partial charge < -0.3 is 0 Å². The van der Waals surface area contributed by atoms with Crippen molar-refractivity contribution < 1.29 is 0 Å². The van der Waals surface area contributed by atoms with E-state index in [0.29, 0.717) is 5.95 Å². The van der Waals surface area contributed by atoms with E-state index in [0.717, 1.165) is 38.2 Å². The van der Waals surface area contributed by atoms with Gasteiger partial charge in [0.2, 0.25) is 5.95 Å². The molecule has 5 heteroatoms. The Balaban J connectivity index is 1.26. The first-order valence-corrected chi connectivity index (χ1v) is 17.4. The van der Waals surface area contributed by atoms with Gasteiger partial charge in [-0.15, -0.1) is 22.7 Å². The highest BCUT2D eigenvalue weighted by atomic mass is 32.1. The molecular formula is C42H23N3S2. The lowest BCUT2D eigenvalue weighted by atomic mass is 9.89. The van der Waals surface area contributed by atoms with Crippen LogP contribution in [0.15, 0.2) is 140 Å². The first-order valence-electron chi connectivity index (χ1n) is 15.8. The normalized spacial score (nSPS) is 12.6. The molecule has 11 rings (SSSR count). The second-order valence-electron chi connectivity index (χ2n) is 12.2. The van der Waals surface area contributed by atoms with Gasteiger partial charge in [0.15, 0.2) is 0 Å². The highest BCUT2D eigenvalue weighted by molar-refractivity contribution is 7.26. The van der Waals surface area contributed by atoms with E-state index in [1.54, 1.807) is 11.3 Å². The van der Waals surface area contributed by atoms with Gasteiger partial charge in [0, 0.05) is 52.2 Å². The van der Waals surface area contributed by atoms with E-state index >= 15 is 0 Å². The molecule has 0 radical (unpaired) electrons. The smallest absolute Gasteiger partial charge is 0.235 e. The molecule has 0 unspecified atom stereocenters. The van der Waals surface area contributed by atoms with Crippen molar-refractivity contribution in [1.29, 1.82) is 0 Å². The molecule has 0 fully saturated rings. The number of rotatable bonds is 2. The van der Waals surface area contributed by atoms with Crippen molar-refractivity contribution in [3.63, 3.8) is 0 Å². The Kier molecular flexibility index (Phi) is 5.14. The Hall–Kier alpha value is -5.62. The van der Waals surface area contributed by atoms with Crippen LogP contribution in [0.5, 0.6) is 0 Å². The number of fused-ring (bicyclic) bond motifs is 10. The highest BCUT2D eigenvalue weighted by Crippen LogP contribution is 2.53. The molecule has 3 aromatic heterocycles. The van der Waals surface area contributed by atoms with Gasteiger partial charge in [-0.1, -0.05) is 115 Å². The maximum Gasteiger partial charge on any atom is 0.235 e. The molecule has 1 aliphatic heterocycles. The summed E-state index contributed by atoms with van der Waals surface area (Å²) in [5.41, 5.74) is 7.74. The number of hydrogen-bond donors (Lipinski definition) is 0. The zero-order valence-corrected chi connectivity index (χ0v) is 26.6. The lowest BCUT2D eigenvalue weighted by Crippen LogP contribution is -2.18. The molecule has 0 atom stereocenters. The van der Waals surface area contributed by atoms with Crippen molar-refractivity contribution in [1.82, 2.24) is 9.97 Å². The second-order valence-corrected chi connectivity index (χ2v) is 14.3. The van der Waals surface area contributed by atoms with E-state index in [1.807, 2.05) is 11.3 Å². The van der Waals surface area contributed by atoms with E-state index < -0.39 is 0 Å². The van der Waals surface area contributed by atoms with Crippen LogP contribution in [-0.2, 0) is 0 Å². The van der Waals surface area contributed by atoms with Gasteiger partial charge >= 0.3 is 0 Å². The van der Waals surface area contributed by atoms with Gasteiger partial charge in [0.05, 0.1) is 27.3 Å². The number of anilines is 3. The summed E-state index contributed by atoms with van der Waals surface area (Å²) < 4.78 is 4.91. The van der Waals surface area contributed by atoms with Crippen molar-refractivity contribution in [3.05, 3.63) is 140 Å². The third-order valence-electron chi connectivity index (χ3n) is 9.60. The van der Waals surface area contributed by atoms with E-state index in [4.69, 9.17) is 9.97 Å². The first kappa shape index (κ1) is 25.6. The Labute approximate surface area is 277 Å². The van der Waals surface area contributed by atoms with Crippen LogP contribution in [0, 0.1) is 0 Å². The van der Waals surface area contributed by atoms with Crippen LogP contribution < -0.4 is 4.90 Å². The van der Waals surface area contributed by atoms with E-state index in [1.165, 1.54) is 57.5 Å². The summed E-state index contributed by atoms with van der Waals surface area (Å²) in [5.74, 6) is 0.687. The summed E-state index contributed by atoms with van der Waals surface area (Å²) >= 11 is 3.62. The quantitative estimate of drug-likeness (QED) is 0.190. The Morgan fingerprint density at radius 3 is 2.11 bits per heavy atom. The first-order chi connectivity index (χ1) is 23.3. The summed E-state index contributed by atoms with van der Waals surface area (Å²) in [7, 11) is 0. The monoisotopic (exact) mass is 633 g/mol. The maximum absolute atomic E-state index is 5.55. The minimum atomic E-state index is 0.687. The van der Waals surface area contributed by atoms with Gasteiger partial charge in [-0.25, -0.2) is 9.97 Å². The van der Waals surface area contributed by atoms with Crippen LogP contribution in [0.25, 0.3) is 84.4 Å². The predicted octanol–water partition coefficient (Wildman–Crippen LogP) is 12.6. The molecule has 0 amide bonds. The number of thiophene rings is 2. The molecule has 218 valence electrons. The minimum absolute atomic E-state index is 0.687. The molecule has 10 aromatic rings. The van der Waals surface area contributed by atoms with Gasteiger partial charge in [-0.2, -0.15) is 0 Å². The van der Waals surface area contributed by atoms with E-state index in [9.17, 15) is 0 Å². The third-order valence-corrected chi connectivity index (χ3v) is 11.9. The van der Waals surface area contributed by atoms with Gasteiger partial charge in [-0.05, 0) is 40.6 Å². The van der Waals surface area contributed by atoms with Crippen molar-refractivity contribution in [2.45, 2.75) is 0 Å². The van der Waals surface area contributed by atoms with Crippen LogP contribution >= 0.6 is 22.7 Å². The molecule has 0 spiro atoms. The maximum atomic E-state index is 5.55.